The highest BCUT2D eigenvalue weighted by atomic mass is 79.9. The number of anilines is 1. The summed E-state index contributed by atoms with van der Waals surface area (Å²) in [5, 5.41) is 4.93. The van der Waals surface area contributed by atoms with Gasteiger partial charge in [0.1, 0.15) is 16.8 Å². The number of carbonyl (C=O) groups excluding carboxylic acids is 1. The Balaban J connectivity index is 1.83. The minimum absolute atomic E-state index is 0.253. The van der Waals surface area contributed by atoms with E-state index in [-0.39, 0.29) is 5.91 Å². The van der Waals surface area contributed by atoms with Gasteiger partial charge in [0.15, 0.2) is 0 Å². The molecule has 26 heavy (non-hydrogen) atoms. The fourth-order valence-corrected chi connectivity index (χ4v) is 4.22. The number of nitrogens with zero attached hydrogens (tertiary/aromatic N) is 2. The molecule has 0 bridgehead atoms. The number of ether oxygens (including phenoxy) is 1. The van der Waals surface area contributed by atoms with Crippen molar-refractivity contribution in [2.75, 3.05) is 12.4 Å². The Morgan fingerprint density at radius 2 is 2.00 bits per heavy atom. The highest BCUT2D eigenvalue weighted by Crippen LogP contribution is 2.37. The van der Waals surface area contributed by atoms with E-state index in [1.54, 1.807) is 7.11 Å². The number of rotatable bonds is 3. The summed E-state index contributed by atoms with van der Waals surface area (Å²) in [5.74, 6) is 0.249. The van der Waals surface area contributed by atoms with Gasteiger partial charge < -0.3 is 10.1 Å². The zero-order valence-corrected chi connectivity index (χ0v) is 16.4. The van der Waals surface area contributed by atoms with E-state index in [1.165, 1.54) is 0 Å². The van der Waals surface area contributed by atoms with Gasteiger partial charge in [0.2, 0.25) is 0 Å². The van der Waals surface area contributed by atoms with E-state index in [2.05, 4.69) is 30.0 Å². The molecule has 3 aromatic carbocycles. The first-order chi connectivity index (χ1) is 12.6. The van der Waals surface area contributed by atoms with E-state index >= 15 is 0 Å². The highest BCUT2D eigenvalue weighted by molar-refractivity contribution is 9.10. The lowest BCUT2D eigenvalue weighted by atomic mass is 10.0. The van der Waals surface area contributed by atoms with Crippen molar-refractivity contribution in [1.82, 2.24) is 8.75 Å². The molecule has 1 N–H and O–H groups in total. The van der Waals surface area contributed by atoms with Gasteiger partial charge >= 0.3 is 0 Å². The van der Waals surface area contributed by atoms with E-state index in [4.69, 9.17) is 4.74 Å². The second kappa shape index (κ2) is 6.66. The number of aryl methyl sites for hydroxylation is 1. The fourth-order valence-electron chi connectivity index (χ4n) is 2.94. The maximum absolute atomic E-state index is 13.1. The van der Waals surface area contributed by atoms with Gasteiger partial charge in [-0.15, -0.1) is 0 Å². The molecule has 0 aliphatic heterocycles. The molecule has 7 heteroatoms. The minimum atomic E-state index is -0.253. The van der Waals surface area contributed by atoms with Crippen molar-refractivity contribution in [3.8, 4) is 5.75 Å². The van der Waals surface area contributed by atoms with Crippen LogP contribution in [0.25, 0.3) is 21.8 Å². The van der Waals surface area contributed by atoms with E-state index in [0.29, 0.717) is 22.5 Å². The van der Waals surface area contributed by atoms with Gasteiger partial charge in [-0.2, -0.15) is 8.75 Å². The number of halogens is 1. The van der Waals surface area contributed by atoms with Crippen LogP contribution in [-0.4, -0.2) is 21.8 Å². The van der Waals surface area contributed by atoms with Crippen LogP contribution in [0.15, 0.2) is 46.9 Å². The third kappa shape index (κ3) is 2.73. The summed E-state index contributed by atoms with van der Waals surface area (Å²) in [4.78, 5) is 13.1. The van der Waals surface area contributed by atoms with Crippen LogP contribution < -0.4 is 10.1 Å². The molecular weight excluding hydrogens is 414 g/mol. The standard InChI is InChI=1S/C19H14BrN3O2S/c1-10-7-8-14-17(23-26-22-14)16(10)21-19(24)13-9-11-5-3-4-6-12(11)15(20)18(13)25-2/h3-9H,1-2H3,(H,21,24). The summed E-state index contributed by atoms with van der Waals surface area (Å²) in [6.45, 7) is 1.93. The second-order valence-corrected chi connectivity index (χ2v) is 7.16. The second-order valence-electron chi connectivity index (χ2n) is 5.84. The van der Waals surface area contributed by atoms with Gasteiger partial charge in [0.05, 0.1) is 34.6 Å². The number of benzene rings is 3. The lowest BCUT2D eigenvalue weighted by Gasteiger charge is -2.14. The molecule has 1 amide bonds. The van der Waals surface area contributed by atoms with Gasteiger partial charge in [0, 0.05) is 0 Å². The number of aromatic nitrogens is 2. The van der Waals surface area contributed by atoms with Crippen molar-refractivity contribution in [3.63, 3.8) is 0 Å². The minimum Gasteiger partial charge on any atom is -0.495 e. The summed E-state index contributed by atoms with van der Waals surface area (Å²) >= 11 is 4.70. The molecule has 4 aromatic rings. The van der Waals surface area contributed by atoms with Crippen LogP contribution in [0.3, 0.4) is 0 Å². The first-order valence-electron chi connectivity index (χ1n) is 7.88. The topological polar surface area (TPSA) is 64.1 Å². The van der Waals surface area contributed by atoms with Crippen LogP contribution in [0.2, 0.25) is 0 Å². The smallest absolute Gasteiger partial charge is 0.259 e. The number of carbonyl (C=O) groups is 1. The molecule has 0 fully saturated rings. The zero-order chi connectivity index (χ0) is 18.3. The molecule has 4 rings (SSSR count). The molecule has 0 spiro atoms. The molecule has 0 aliphatic rings. The average molecular weight is 428 g/mol. The van der Waals surface area contributed by atoms with Crippen molar-refractivity contribution >= 4 is 61.1 Å². The first-order valence-corrected chi connectivity index (χ1v) is 9.41. The average Bonchev–Trinajstić information content (AvgIpc) is 3.13. The van der Waals surface area contributed by atoms with Crippen molar-refractivity contribution in [3.05, 3.63) is 58.1 Å². The Labute approximate surface area is 162 Å². The van der Waals surface area contributed by atoms with Crippen LogP contribution in [0.1, 0.15) is 15.9 Å². The third-order valence-corrected chi connectivity index (χ3v) is 5.59. The predicted octanol–water partition coefficient (Wildman–Crippen LogP) is 5.18. The number of fused-ring (bicyclic) bond motifs is 2. The normalized spacial score (nSPS) is 11.0. The van der Waals surface area contributed by atoms with Crippen molar-refractivity contribution in [1.29, 1.82) is 0 Å². The lowest BCUT2D eigenvalue weighted by molar-refractivity contribution is 0.102. The zero-order valence-electron chi connectivity index (χ0n) is 14.0. The van der Waals surface area contributed by atoms with Gasteiger partial charge in [-0.05, 0) is 51.3 Å². The van der Waals surface area contributed by atoms with Crippen LogP contribution in [0.4, 0.5) is 5.69 Å². The molecule has 0 saturated carbocycles. The third-order valence-electron chi connectivity index (χ3n) is 4.26. The van der Waals surface area contributed by atoms with Crippen LogP contribution >= 0.6 is 27.7 Å². The summed E-state index contributed by atoms with van der Waals surface area (Å²) in [6, 6.07) is 13.5. The lowest BCUT2D eigenvalue weighted by Crippen LogP contribution is -2.14. The number of amides is 1. The molecular formula is C19H14BrN3O2S. The van der Waals surface area contributed by atoms with Gasteiger partial charge in [-0.1, -0.05) is 30.3 Å². The number of hydrogen-bond acceptors (Lipinski definition) is 5. The fraction of sp³-hybridized carbons (Fsp3) is 0.105. The Morgan fingerprint density at radius 1 is 1.19 bits per heavy atom. The van der Waals surface area contributed by atoms with E-state index < -0.39 is 0 Å². The van der Waals surface area contributed by atoms with Gasteiger partial charge in [-0.25, -0.2) is 0 Å². The number of hydrogen-bond donors (Lipinski definition) is 1. The Hall–Kier alpha value is -2.51. The van der Waals surface area contributed by atoms with Gasteiger partial charge in [-0.3, -0.25) is 4.79 Å². The largest absolute Gasteiger partial charge is 0.495 e. The van der Waals surface area contributed by atoms with E-state index in [0.717, 1.165) is 38.1 Å². The van der Waals surface area contributed by atoms with E-state index in [1.807, 2.05) is 49.4 Å². The monoisotopic (exact) mass is 427 g/mol. The summed E-state index contributed by atoms with van der Waals surface area (Å²) < 4.78 is 14.8. The van der Waals surface area contributed by atoms with Crippen molar-refractivity contribution < 1.29 is 9.53 Å². The summed E-state index contributed by atoms with van der Waals surface area (Å²) in [7, 11) is 1.56. The molecule has 1 heterocycles. The quantitative estimate of drug-likeness (QED) is 0.489. The molecule has 0 radical (unpaired) electrons. The van der Waals surface area contributed by atoms with Crippen LogP contribution in [-0.2, 0) is 0 Å². The van der Waals surface area contributed by atoms with Crippen molar-refractivity contribution in [2.24, 2.45) is 0 Å². The van der Waals surface area contributed by atoms with Crippen LogP contribution in [0.5, 0.6) is 5.75 Å². The van der Waals surface area contributed by atoms with Crippen molar-refractivity contribution in [2.45, 2.75) is 6.92 Å². The summed E-state index contributed by atoms with van der Waals surface area (Å²) in [5.41, 5.74) is 3.52. The molecule has 1 aromatic heterocycles. The predicted molar refractivity (Wildman–Crippen MR) is 108 cm³/mol. The Kier molecular flexibility index (Phi) is 4.34. The Bertz CT molecular complexity index is 1160. The molecule has 5 nitrogen and oxygen atoms in total. The maximum Gasteiger partial charge on any atom is 0.259 e. The first kappa shape index (κ1) is 16.9. The molecule has 130 valence electrons. The van der Waals surface area contributed by atoms with E-state index in [9.17, 15) is 4.79 Å². The summed E-state index contributed by atoms with van der Waals surface area (Å²) in [6.07, 6.45) is 0. The molecule has 0 aliphatic carbocycles. The molecule has 0 unspecified atom stereocenters. The maximum atomic E-state index is 13.1. The molecule has 0 saturated heterocycles. The van der Waals surface area contributed by atoms with Crippen LogP contribution in [0, 0.1) is 6.92 Å². The number of methoxy groups -OCH3 is 1. The highest BCUT2D eigenvalue weighted by Gasteiger charge is 2.20. The number of nitrogens with one attached hydrogen (secondary N) is 1. The molecule has 0 atom stereocenters. The Morgan fingerprint density at radius 3 is 2.81 bits per heavy atom. The van der Waals surface area contributed by atoms with Gasteiger partial charge in [0.25, 0.3) is 5.91 Å². The SMILES string of the molecule is COc1c(C(=O)Nc2c(C)ccc3nsnc23)cc2ccccc2c1Br.